The topological polar surface area (TPSA) is 96.9 Å². The summed E-state index contributed by atoms with van der Waals surface area (Å²) in [5, 5.41) is 16.5. The molecule has 3 saturated carbocycles. The Morgan fingerprint density at radius 1 is 0.973 bits per heavy atom. The Morgan fingerprint density at radius 3 is 2.19 bits per heavy atom. The lowest BCUT2D eigenvalue weighted by Gasteiger charge is -2.56. The molecule has 3 N–H and O–H groups in total. The fourth-order valence-corrected chi connectivity index (χ4v) is 5.05. The van der Waals surface area contributed by atoms with Gasteiger partial charge in [0.2, 0.25) is 0 Å². The average molecular weight is 545 g/mol. The van der Waals surface area contributed by atoms with E-state index >= 15 is 0 Å². The summed E-state index contributed by atoms with van der Waals surface area (Å²) in [5.74, 6) is -1.63. The first-order valence-corrected chi connectivity index (χ1v) is 12.0. The van der Waals surface area contributed by atoms with Crippen LogP contribution < -0.4 is 20.1 Å². The van der Waals surface area contributed by atoms with Gasteiger partial charge in [-0.05, 0) is 62.4 Å². The van der Waals surface area contributed by atoms with Gasteiger partial charge in [0.15, 0.2) is 13.2 Å². The number of fused-ring (bicyclic) bond motifs is 3. The molecule has 0 saturated heterocycles. The van der Waals surface area contributed by atoms with Crippen LogP contribution in [-0.4, -0.2) is 47.3 Å². The Bertz CT molecular complexity index is 1170. The summed E-state index contributed by atoms with van der Waals surface area (Å²) in [6.07, 6.45) is -3.55. The summed E-state index contributed by atoms with van der Waals surface area (Å²) >= 11 is 5.63. The SMILES string of the molecule is O=C(COc1cccc(C(F)(F)F)c1)NC12CCC(NC(=O)COc3ccc(Cl)c(F)c3)(CC1)[C@@H](O)C2. The molecule has 37 heavy (non-hydrogen) atoms. The van der Waals surface area contributed by atoms with Gasteiger partial charge in [0.05, 0.1) is 22.2 Å². The third kappa shape index (κ3) is 6.27. The third-order valence-corrected chi connectivity index (χ3v) is 7.21. The van der Waals surface area contributed by atoms with Gasteiger partial charge < -0.3 is 25.2 Å². The Kier molecular flexibility index (Phi) is 7.57. The van der Waals surface area contributed by atoms with Gasteiger partial charge >= 0.3 is 6.18 Å². The van der Waals surface area contributed by atoms with E-state index in [1.54, 1.807) is 0 Å². The van der Waals surface area contributed by atoms with Crippen LogP contribution in [-0.2, 0) is 15.8 Å². The molecule has 3 fully saturated rings. The van der Waals surface area contributed by atoms with Crippen LogP contribution in [0.15, 0.2) is 42.5 Å². The zero-order valence-corrected chi connectivity index (χ0v) is 20.3. The molecule has 2 bridgehead atoms. The largest absolute Gasteiger partial charge is 0.484 e. The molecule has 2 aromatic carbocycles. The summed E-state index contributed by atoms with van der Waals surface area (Å²) in [6, 6.07) is 8.06. The van der Waals surface area contributed by atoms with Gasteiger partial charge in [0, 0.05) is 11.6 Å². The number of ether oxygens (including phenoxy) is 2. The zero-order chi connectivity index (χ0) is 26.8. The van der Waals surface area contributed by atoms with Crippen LogP contribution in [0.4, 0.5) is 17.6 Å². The van der Waals surface area contributed by atoms with Gasteiger partial charge in [0.1, 0.15) is 17.3 Å². The molecular formula is C25H25ClF4N2O5. The number of halogens is 5. The Hall–Kier alpha value is -3.05. The smallest absolute Gasteiger partial charge is 0.416 e. The minimum atomic E-state index is -4.53. The molecule has 0 spiro atoms. The lowest BCUT2D eigenvalue weighted by Crippen LogP contribution is -2.70. The first-order chi connectivity index (χ1) is 17.4. The number of alkyl halides is 3. The van der Waals surface area contributed by atoms with Crippen LogP contribution in [0.3, 0.4) is 0 Å². The average Bonchev–Trinajstić information content (AvgIpc) is 2.84. The third-order valence-electron chi connectivity index (χ3n) is 6.91. The van der Waals surface area contributed by atoms with Gasteiger partial charge in [-0.3, -0.25) is 9.59 Å². The monoisotopic (exact) mass is 544 g/mol. The Balaban J connectivity index is 1.28. The predicted octanol–water partition coefficient (Wildman–Crippen LogP) is 4.00. The highest BCUT2D eigenvalue weighted by Gasteiger charge is 2.55. The van der Waals surface area contributed by atoms with Crippen LogP contribution in [0, 0.1) is 5.82 Å². The lowest BCUT2D eigenvalue weighted by atomic mass is 9.60. The minimum absolute atomic E-state index is 0.0685. The van der Waals surface area contributed by atoms with Crippen molar-refractivity contribution in [3.63, 3.8) is 0 Å². The van der Waals surface area contributed by atoms with Crippen molar-refractivity contribution < 1.29 is 41.7 Å². The maximum Gasteiger partial charge on any atom is 0.416 e. The first-order valence-electron chi connectivity index (χ1n) is 11.6. The standard InChI is InChI=1S/C25H25ClF4N2O5/c26-18-5-4-17(11-19(18)27)37-14-22(35)32-24-8-6-23(7-9-24,12-20(24)33)31-21(34)13-36-16-3-1-2-15(10-16)25(28,29)30/h1-5,10-11,20,33H,6-9,12-14H2,(H,31,34)(H,32,35)/t20-,23?,24?/m0/s1. The number of hydrogen-bond acceptors (Lipinski definition) is 5. The minimum Gasteiger partial charge on any atom is -0.484 e. The van der Waals surface area contributed by atoms with E-state index in [4.69, 9.17) is 21.1 Å². The molecule has 5 rings (SSSR count). The number of carbonyl (C=O) groups excluding carboxylic acids is 2. The van der Waals surface area contributed by atoms with Crippen molar-refractivity contribution >= 4 is 23.4 Å². The molecule has 3 aliphatic carbocycles. The number of nitrogens with one attached hydrogen (secondary N) is 2. The molecule has 3 aliphatic rings. The molecule has 1 atom stereocenters. The number of rotatable bonds is 8. The number of hydrogen-bond donors (Lipinski definition) is 3. The van der Waals surface area contributed by atoms with E-state index < -0.39 is 53.2 Å². The molecule has 2 amide bonds. The number of carbonyl (C=O) groups is 2. The number of aliphatic hydroxyl groups is 1. The van der Waals surface area contributed by atoms with E-state index in [0.717, 1.165) is 18.2 Å². The highest BCUT2D eigenvalue weighted by molar-refractivity contribution is 6.30. The molecule has 7 nitrogen and oxygen atoms in total. The van der Waals surface area contributed by atoms with E-state index in [-0.39, 0.29) is 29.5 Å². The zero-order valence-electron chi connectivity index (χ0n) is 19.5. The summed E-state index contributed by atoms with van der Waals surface area (Å²) in [7, 11) is 0. The van der Waals surface area contributed by atoms with Gasteiger partial charge in [-0.15, -0.1) is 0 Å². The van der Waals surface area contributed by atoms with Crippen molar-refractivity contribution in [2.75, 3.05) is 13.2 Å². The van der Waals surface area contributed by atoms with Crippen molar-refractivity contribution in [3.05, 3.63) is 58.9 Å². The van der Waals surface area contributed by atoms with Gasteiger partial charge in [-0.2, -0.15) is 13.2 Å². The van der Waals surface area contributed by atoms with Crippen LogP contribution in [0.1, 0.15) is 37.7 Å². The highest BCUT2D eigenvalue weighted by atomic mass is 35.5. The Morgan fingerprint density at radius 2 is 1.59 bits per heavy atom. The normalized spacial score (nSPS) is 24.9. The fourth-order valence-electron chi connectivity index (χ4n) is 4.93. The summed E-state index contributed by atoms with van der Waals surface area (Å²) in [4.78, 5) is 25.0. The van der Waals surface area contributed by atoms with Crippen molar-refractivity contribution in [2.24, 2.45) is 0 Å². The van der Waals surface area contributed by atoms with Crippen molar-refractivity contribution in [1.82, 2.24) is 10.6 Å². The molecule has 0 aliphatic heterocycles. The first kappa shape index (κ1) is 27.0. The molecule has 0 unspecified atom stereocenters. The van der Waals surface area contributed by atoms with Gasteiger partial charge in [-0.25, -0.2) is 4.39 Å². The predicted molar refractivity (Wildman–Crippen MR) is 125 cm³/mol. The molecule has 0 heterocycles. The van der Waals surface area contributed by atoms with Crippen molar-refractivity contribution in [2.45, 2.75) is 55.5 Å². The van der Waals surface area contributed by atoms with E-state index in [2.05, 4.69) is 10.6 Å². The van der Waals surface area contributed by atoms with Gasteiger partial charge in [0.25, 0.3) is 11.8 Å². The maximum atomic E-state index is 13.5. The number of aliphatic hydroxyl groups excluding tert-OH is 1. The molecular weight excluding hydrogens is 520 g/mol. The van der Waals surface area contributed by atoms with E-state index in [1.807, 2.05) is 0 Å². The number of amides is 2. The summed E-state index contributed by atoms with van der Waals surface area (Å²) < 4.78 is 62.7. The second kappa shape index (κ2) is 10.4. The van der Waals surface area contributed by atoms with Crippen LogP contribution in [0.5, 0.6) is 11.5 Å². The van der Waals surface area contributed by atoms with E-state index in [1.165, 1.54) is 24.3 Å². The van der Waals surface area contributed by atoms with E-state index in [9.17, 15) is 32.3 Å². The van der Waals surface area contributed by atoms with Crippen molar-refractivity contribution in [1.29, 1.82) is 0 Å². The Labute approximate surface area is 215 Å². The van der Waals surface area contributed by atoms with Gasteiger partial charge in [-0.1, -0.05) is 17.7 Å². The maximum absolute atomic E-state index is 13.5. The number of benzene rings is 2. The fraction of sp³-hybridized carbons (Fsp3) is 0.440. The highest BCUT2D eigenvalue weighted by Crippen LogP contribution is 2.47. The molecule has 2 aromatic rings. The second-order valence-corrected chi connectivity index (χ2v) is 9.84. The molecule has 200 valence electrons. The summed E-state index contributed by atoms with van der Waals surface area (Å²) in [6.45, 7) is -0.867. The quantitative estimate of drug-likeness (QED) is 0.437. The van der Waals surface area contributed by atoms with Crippen LogP contribution in [0.2, 0.25) is 5.02 Å². The van der Waals surface area contributed by atoms with Crippen molar-refractivity contribution in [3.8, 4) is 11.5 Å². The molecule has 12 heteroatoms. The summed E-state index contributed by atoms with van der Waals surface area (Å²) in [5.41, 5.74) is -2.47. The molecule has 0 aromatic heterocycles. The molecule has 0 radical (unpaired) electrons. The van der Waals surface area contributed by atoms with E-state index in [0.29, 0.717) is 25.7 Å². The lowest BCUT2D eigenvalue weighted by molar-refractivity contribution is -0.138. The second-order valence-electron chi connectivity index (χ2n) is 9.43. The van der Waals surface area contributed by atoms with Crippen LogP contribution in [0.25, 0.3) is 0 Å². The van der Waals surface area contributed by atoms with Crippen LogP contribution >= 0.6 is 11.6 Å².